The van der Waals surface area contributed by atoms with Crippen LogP contribution in [0, 0.1) is 6.92 Å². The Morgan fingerprint density at radius 3 is 2.71 bits per heavy atom. The average molecular weight is 289 g/mol. The lowest BCUT2D eigenvalue weighted by atomic mass is 10.1. The number of nitrogens with zero attached hydrogens (tertiary/aromatic N) is 3. The van der Waals surface area contributed by atoms with Gasteiger partial charge in [-0.05, 0) is 31.2 Å². The van der Waals surface area contributed by atoms with E-state index in [4.69, 9.17) is 0 Å². The predicted octanol–water partition coefficient (Wildman–Crippen LogP) is 1.99. The minimum Gasteiger partial charge on any atom is -0.508 e. The van der Waals surface area contributed by atoms with Crippen LogP contribution in [0.4, 0.5) is 0 Å². The molecule has 114 valence electrons. The van der Waals surface area contributed by atoms with E-state index in [0.29, 0.717) is 6.54 Å². The van der Waals surface area contributed by atoms with Gasteiger partial charge < -0.3 is 10.2 Å². The van der Waals surface area contributed by atoms with Crippen LogP contribution in [0.2, 0.25) is 0 Å². The molecule has 0 aliphatic carbocycles. The van der Waals surface area contributed by atoms with Gasteiger partial charge in [-0.25, -0.2) is 0 Å². The van der Waals surface area contributed by atoms with E-state index in [9.17, 15) is 10.2 Å². The number of benzene rings is 1. The Balaban J connectivity index is 2.03. The molecule has 1 atom stereocenters. The van der Waals surface area contributed by atoms with Crippen LogP contribution in [0.25, 0.3) is 0 Å². The number of phenolic OH excluding ortho intramolecular Hbond substituents is 1. The molecule has 1 aromatic heterocycles. The van der Waals surface area contributed by atoms with Crippen molar-refractivity contribution in [2.45, 2.75) is 26.5 Å². The fraction of sp³-hybridized carbons (Fsp3) is 0.438. The fourth-order valence-electron chi connectivity index (χ4n) is 2.43. The van der Waals surface area contributed by atoms with E-state index in [1.165, 1.54) is 5.56 Å². The zero-order chi connectivity index (χ0) is 15.4. The van der Waals surface area contributed by atoms with Gasteiger partial charge in [0.05, 0.1) is 11.8 Å². The number of likely N-dealkylation sites (N-methyl/N-ethyl adjacent to an activating group) is 1. The zero-order valence-electron chi connectivity index (χ0n) is 12.8. The van der Waals surface area contributed by atoms with Gasteiger partial charge in [0.15, 0.2) is 0 Å². The summed E-state index contributed by atoms with van der Waals surface area (Å²) in [5.41, 5.74) is 2.92. The van der Waals surface area contributed by atoms with E-state index in [0.717, 1.165) is 24.3 Å². The van der Waals surface area contributed by atoms with E-state index in [-0.39, 0.29) is 5.75 Å². The van der Waals surface area contributed by atoms with Crippen LogP contribution in [-0.2, 0) is 13.6 Å². The van der Waals surface area contributed by atoms with Crippen LogP contribution in [0.1, 0.15) is 29.8 Å². The molecule has 0 aliphatic heterocycles. The third kappa shape index (κ3) is 4.06. The molecular formula is C16H23N3O2. The second kappa shape index (κ2) is 6.74. The van der Waals surface area contributed by atoms with Gasteiger partial charge in [0, 0.05) is 31.9 Å². The minimum atomic E-state index is -0.617. The molecule has 2 rings (SSSR count). The minimum absolute atomic E-state index is 0.178. The first-order valence-electron chi connectivity index (χ1n) is 7.18. The summed E-state index contributed by atoms with van der Waals surface area (Å²) in [6.07, 6.45) is 1.40. The Kier molecular flexibility index (Phi) is 4.98. The van der Waals surface area contributed by atoms with Gasteiger partial charge in [-0.2, -0.15) is 5.10 Å². The lowest BCUT2D eigenvalue weighted by Crippen LogP contribution is -2.28. The number of rotatable bonds is 6. The van der Waals surface area contributed by atoms with Gasteiger partial charge in [-0.3, -0.25) is 9.58 Å². The fourth-order valence-corrected chi connectivity index (χ4v) is 2.43. The maximum absolute atomic E-state index is 10.3. The molecule has 0 amide bonds. The number of aryl methyl sites for hydroxylation is 2. The molecule has 2 aromatic rings. The molecule has 1 aromatic carbocycles. The monoisotopic (exact) mass is 289 g/mol. The quantitative estimate of drug-likeness (QED) is 0.854. The molecule has 0 bridgehead atoms. The molecule has 21 heavy (non-hydrogen) atoms. The molecule has 1 heterocycles. The molecule has 0 saturated carbocycles. The molecule has 2 N–H and O–H groups in total. The molecule has 5 nitrogen and oxygen atoms in total. The van der Waals surface area contributed by atoms with Gasteiger partial charge in [0.25, 0.3) is 0 Å². The SMILES string of the molecule is CCN(Cc1cn(C)nc1C)C[C@@H](O)c1cccc(O)c1. The van der Waals surface area contributed by atoms with Crippen molar-refractivity contribution in [3.05, 3.63) is 47.3 Å². The summed E-state index contributed by atoms with van der Waals surface area (Å²) in [5.74, 6) is 0.178. The van der Waals surface area contributed by atoms with Crippen molar-refractivity contribution in [3.8, 4) is 5.75 Å². The van der Waals surface area contributed by atoms with Crippen LogP contribution in [0.5, 0.6) is 5.75 Å². The predicted molar refractivity (Wildman–Crippen MR) is 82.0 cm³/mol. The summed E-state index contributed by atoms with van der Waals surface area (Å²) in [6, 6.07) is 6.78. The molecular weight excluding hydrogens is 266 g/mol. The Bertz CT molecular complexity index is 595. The molecule has 0 aliphatic rings. The maximum Gasteiger partial charge on any atom is 0.115 e. The van der Waals surface area contributed by atoms with Crippen molar-refractivity contribution >= 4 is 0 Å². The zero-order valence-corrected chi connectivity index (χ0v) is 12.8. The summed E-state index contributed by atoms with van der Waals surface area (Å²) in [6.45, 7) is 6.18. The highest BCUT2D eigenvalue weighted by Gasteiger charge is 2.15. The normalized spacial score (nSPS) is 12.8. The summed E-state index contributed by atoms with van der Waals surface area (Å²) in [4.78, 5) is 2.17. The van der Waals surface area contributed by atoms with Crippen molar-refractivity contribution in [2.24, 2.45) is 7.05 Å². The Hall–Kier alpha value is -1.85. The van der Waals surface area contributed by atoms with Gasteiger partial charge >= 0.3 is 0 Å². The third-order valence-electron chi connectivity index (χ3n) is 3.64. The summed E-state index contributed by atoms with van der Waals surface area (Å²) in [7, 11) is 1.91. The highest BCUT2D eigenvalue weighted by molar-refractivity contribution is 5.28. The largest absolute Gasteiger partial charge is 0.508 e. The summed E-state index contributed by atoms with van der Waals surface area (Å²) < 4.78 is 1.81. The highest BCUT2D eigenvalue weighted by Crippen LogP contribution is 2.20. The van der Waals surface area contributed by atoms with E-state index >= 15 is 0 Å². The van der Waals surface area contributed by atoms with Gasteiger partial charge in [0.2, 0.25) is 0 Å². The van der Waals surface area contributed by atoms with Gasteiger partial charge in [-0.1, -0.05) is 19.1 Å². The molecule has 0 radical (unpaired) electrons. The van der Waals surface area contributed by atoms with Gasteiger partial charge in [-0.15, -0.1) is 0 Å². The van der Waals surface area contributed by atoms with Crippen LogP contribution in [0.15, 0.2) is 30.5 Å². The lowest BCUT2D eigenvalue weighted by molar-refractivity contribution is 0.112. The van der Waals surface area contributed by atoms with Crippen molar-refractivity contribution in [1.82, 2.24) is 14.7 Å². The maximum atomic E-state index is 10.3. The standard InChI is InChI=1S/C16H23N3O2/c1-4-19(10-14-9-18(3)17-12(14)2)11-16(21)13-6-5-7-15(20)8-13/h5-9,16,20-21H,4,10-11H2,1-3H3/t16-/m1/s1. The second-order valence-electron chi connectivity index (χ2n) is 5.35. The Morgan fingerprint density at radius 2 is 2.14 bits per heavy atom. The van der Waals surface area contributed by atoms with Crippen molar-refractivity contribution < 1.29 is 10.2 Å². The van der Waals surface area contributed by atoms with E-state index in [2.05, 4.69) is 16.9 Å². The smallest absolute Gasteiger partial charge is 0.115 e. The van der Waals surface area contributed by atoms with E-state index in [1.54, 1.807) is 18.2 Å². The number of hydrogen-bond acceptors (Lipinski definition) is 4. The molecule has 0 saturated heterocycles. The van der Waals surface area contributed by atoms with E-state index < -0.39 is 6.10 Å². The molecule has 0 spiro atoms. The Morgan fingerprint density at radius 1 is 1.38 bits per heavy atom. The lowest BCUT2D eigenvalue weighted by Gasteiger charge is -2.23. The second-order valence-corrected chi connectivity index (χ2v) is 5.35. The first-order valence-corrected chi connectivity index (χ1v) is 7.18. The topological polar surface area (TPSA) is 61.5 Å². The van der Waals surface area contributed by atoms with E-state index in [1.807, 2.05) is 30.9 Å². The number of hydrogen-bond donors (Lipinski definition) is 2. The van der Waals surface area contributed by atoms with Crippen molar-refractivity contribution in [1.29, 1.82) is 0 Å². The first-order chi connectivity index (χ1) is 9.99. The number of aliphatic hydroxyl groups is 1. The van der Waals surface area contributed by atoms with Crippen LogP contribution < -0.4 is 0 Å². The summed E-state index contributed by atoms with van der Waals surface area (Å²) >= 11 is 0. The van der Waals surface area contributed by atoms with Crippen LogP contribution in [0.3, 0.4) is 0 Å². The molecule has 5 heteroatoms. The highest BCUT2D eigenvalue weighted by atomic mass is 16.3. The van der Waals surface area contributed by atoms with Crippen molar-refractivity contribution in [3.63, 3.8) is 0 Å². The molecule has 0 fully saturated rings. The average Bonchev–Trinajstić information content (AvgIpc) is 2.76. The van der Waals surface area contributed by atoms with Crippen LogP contribution in [-0.4, -0.2) is 38.0 Å². The first kappa shape index (κ1) is 15.5. The number of aromatic nitrogens is 2. The number of aromatic hydroxyl groups is 1. The van der Waals surface area contributed by atoms with Crippen LogP contribution >= 0.6 is 0 Å². The number of phenols is 1. The summed E-state index contributed by atoms with van der Waals surface area (Å²) in [5, 5.41) is 24.2. The molecule has 0 unspecified atom stereocenters. The van der Waals surface area contributed by atoms with Crippen molar-refractivity contribution in [2.75, 3.05) is 13.1 Å². The third-order valence-corrected chi connectivity index (χ3v) is 3.64. The van der Waals surface area contributed by atoms with Gasteiger partial charge in [0.1, 0.15) is 5.75 Å². The number of aliphatic hydroxyl groups excluding tert-OH is 1. The Labute approximate surface area is 125 Å².